The Kier molecular flexibility index (Phi) is 3.89. The zero-order chi connectivity index (χ0) is 9.78. The van der Waals surface area contributed by atoms with Crippen LogP contribution in [0.3, 0.4) is 0 Å². The Hall–Kier alpha value is -0.900. The summed E-state index contributed by atoms with van der Waals surface area (Å²) in [6, 6.07) is -0.572. The average Bonchev–Trinajstić information content (AvgIpc) is 1.97. The first-order valence-electron chi connectivity index (χ1n) is 3.86. The number of carbonyl (C=O) groups is 2. The van der Waals surface area contributed by atoms with E-state index in [0.717, 1.165) is 0 Å². The summed E-state index contributed by atoms with van der Waals surface area (Å²) in [5, 5.41) is 2.41. The molecule has 4 nitrogen and oxygen atoms in total. The molecule has 0 fully saturated rings. The molecular formula is C8H16N2O2. The summed E-state index contributed by atoms with van der Waals surface area (Å²) in [7, 11) is 0. The Labute approximate surface area is 72.5 Å². The number of carbonyl (C=O) groups excluding carboxylic acids is 2. The fourth-order valence-electron chi connectivity index (χ4n) is 0.645. The van der Waals surface area contributed by atoms with E-state index in [-0.39, 0.29) is 17.9 Å². The summed E-state index contributed by atoms with van der Waals surface area (Å²) >= 11 is 0. The average molecular weight is 172 g/mol. The van der Waals surface area contributed by atoms with E-state index in [1.54, 1.807) is 0 Å². The molecule has 0 heterocycles. The van der Waals surface area contributed by atoms with E-state index < -0.39 is 6.04 Å². The smallest absolute Gasteiger partial charge is 0.237 e. The third kappa shape index (κ3) is 3.48. The Bertz CT molecular complexity index is 172. The SMILES string of the molecule is CC(C)(C)C(N)C(=O)NCC=O. The van der Waals surface area contributed by atoms with Gasteiger partial charge in [-0.1, -0.05) is 20.8 Å². The molecule has 0 aromatic carbocycles. The van der Waals surface area contributed by atoms with Crippen LogP contribution < -0.4 is 11.1 Å². The van der Waals surface area contributed by atoms with Crippen molar-refractivity contribution < 1.29 is 9.59 Å². The number of amides is 1. The van der Waals surface area contributed by atoms with Crippen molar-refractivity contribution in [3.63, 3.8) is 0 Å². The van der Waals surface area contributed by atoms with Crippen LogP contribution in [-0.2, 0) is 9.59 Å². The van der Waals surface area contributed by atoms with Gasteiger partial charge in [0.25, 0.3) is 0 Å². The number of aldehydes is 1. The van der Waals surface area contributed by atoms with Gasteiger partial charge in [-0.3, -0.25) is 4.79 Å². The quantitative estimate of drug-likeness (QED) is 0.573. The zero-order valence-electron chi connectivity index (χ0n) is 7.76. The van der Waals surface area contributed by atoms with Gasteiger partial charge >= 0.3 is 0 Å². The van der Waals surface area contributed by atoms with Crippen molar-refractivity contribution in [1.82, 2.24) is 5.32 Å². The Balaban J connectivity index is 4.02. The van der Waals surface area contributed by atoms with Gasteiger partial charge in [-0.2, -0.15) is 0 Å². The van der Waals surface area contributed by atoms with Gasteiger partial charge in [0, 0.05) is 0 Å². The van der Waals surface area contributed by atoms with E-state index in [2.05, 4.69) is 5.32 Å². The van der Waals surface area contributed by atoms with E-state index in [1.165, 1.54) is 0 Å². The fourth-order valence-corrected chi connectivity index (χ4v) is 0.645. The maximum atomic E-state index is 11.2. The van der Waals surface area contributed by atoms with Crippen molar-refractivity contribution in [2.24, 2.45) is 11.1 Å². The minimum Gasteiger partial charge on any atom is -0.348 e. The van der Waals surface area contributed by atoms with Crippen LogP contribution in [0.2, 0.25) is 0 Å². The summed E-state index contributed by atoms with van der Waals surface area (Å²) < 4.78 is 0. The second-order valence-corrected chi connectivity index (χ2v) is 3.76. The van der Waals surface area contributed by atoms with Gasteiger partial charge < -0.3 is 15.8 Å². The first-order chi connectivity index (χ1) is 5.39. The largest absolute Gasteiger partial charge is 0.348 e. The van der Waals surface area contributed by atoms with Crippen molar-refractivity contribution in [3.8, 4) is 0 Å². The van der Waals surface area contributed by atoms with Gasteiger partial charge in [-0.25, -0.2) is 0 Å². The van der Waals surface area contributed by atoms with E-state index in [9.17, 15) is 9.59 Å². The minimum atomic E-state index is -0.572. The molecule has 1 atom stereocenters. The van der Waals surface area contributed by atoms with E-state index in [0.29, 0.717) is 6.29 Å². The first kappa shape index (κ1) is 11.1. The molecule has 3 N–H and O–H groups in total. The van der Waals surface area contributed by atoms with Gasteiger partial charge in [0.15, 0.2) is 0 Å². The molecule has 0 saturated heterocycles. The molecule has 0 aromatic rings. The van der Waals surface area contributed by atoms with Gasteiger partial charge in [0.05, 0.1) is 12.6 Å². The second kappa shape index (κ2) is 4.21. The summed E-state index contributed by atoms with van der Waals surface area (Å²) in [6.45, 7) is 5.65. The number of hydrogen-bond donors (Lipinski definition) is 2. The third-order valence-corrected chi connectivity index (χ3v) is 1.58. The van der Waals surface area contributed by atoms with Crippen LogP contribution in [0, 0.1) is 5.41 Å². The molecule has 0 aliphatic rings. The molecule has 0 aliphatic heterocycles. The van der Waals surface area contributed by atoms with Crippen LogP contribution in [0.4, 0.5) is 0 Å². The van der Waals surface area contributed by atoms with Crippen molar-refractivity contribution in [1.29, 1.82) is 0 Å². The minimum absolute atomic E-state index is 0.0304. The lowest BCUT2D eigenvalue weighted by Crippen LogP contribution is -2.48. The van der Waals surface area contributed by atoms with Crippen LogP contribution in [0.25, 0.3) is 0 Å². The number of rotatable bonds is 3. The maximum Gasteiger partial charge on any atom is 0.237 e. The van der Waals surface area contributed by atoms with Gasteiger partial charge in [-0.05, 0) is 5.41 Å². The standard InChI is InChI=1S/C8H16N2O2/c1-8(2,3)6(9)7(12)10-4-5-11/h5-6H,4,9H2,1-3H3,(H,10,12). The first-order valence-corrected chi connectivity index (χ1v) is 3.86. The molecule has 4 heteroatoms. The van der Waals surface area contributed by atoms with Crippen LogP contribution >= 0.6 is 0 Å². The summed E-state index contributed by atoms with van der Waals surface area (Å²) in [4.78, 5) is 21.1. The molecule has 0 aliphatic carbocycles. The predicted molar refractivity (Wildman–Crippen MR) is 46.5 cm³/mol. The lowest BCUT2D eigenvalue weighted by molar-refractivity contribution is -0.125. The van der Waals surface area contributed by atoms with Crippen LogP contribution in [0.5, 0.6) is 0 Å². The molecule has 1 amide bonds. The Morgan fingerprint density at radius 3 is 2.42 bits per heavy atom. The predicted octanol–water partition coefficient (Wildman–Crippen LogP) is -0.325. The highest BCUT2D eigenvalue weighted by molar-refractivity contribution is 5.83. The lowest BCUT2D eigenvalue weighted by Gasteiger charge is -2.25. The van der Waals surface area contributed by atoms with Crippen molar-refractivity contribution >= 4 is 12.2 Å². The molecule has 0 aromatic heterocycles. The van der Waals surface area contributed by atoms with Crippen molar-refractivity contribution in [3.05, 3.63) is 0 Å². The van der Waals surface area contributed by atoms with Crippen molar-refractivity contribution in [2.45, 2.75) is 26.8 Å². The maximum absolute atomic E-state index is 11.2. The second-order valence-electron chi connectivity index (χ2n) is 3.76. The molecular weight excluding hydrogens is 156 g/mol. The number of hydrogen-bond acceptors (Lipinski definition) is 3. The van der Waals surface area contributed by atoms with Gasteiger partial charge in [0.1, 0.15) is 6.29 Å². The van der Waals surface area contributed by atoms with Crippen LogP contribution in [0.15, 0.2) is 0 Å². The Morgan fingerprint density at radius 1 is 1.58 bits per heavy atom. The molecule has 0 rings (SSSR count). The van der Waals surface area contributed by atoms with Gasteiger partial charge in [-0.15, -0.1) is 0 Å². The van der Waals surface area contributed by atoms with E-state index in [4.69, 9.17) is 5.73 Å². The molecule has 12 heavy (non-hydrogen) atoms. The third-order valence-electron chi connectivity index (χ3n) is 1.58. The lowest BCUT2D eigenvalue weighted by atomic mass is 9.87. The van der Waals surface area contributed by atoms with E-state index >= 15 is 0 Å². The fraction of sp³-hybridized carbons (Fsp3) is 0.750. The van der Waals surface area contributed by atoms with Crippen molar-refractivity contribution in [2.75, 3.05) is 6.54 Å². The van der Waals surface area contributed by atoms with Gasteiger partial charge in [0.2, 0.25) is 5.91 Å². The number of nitrogens with one attached hydrogen (secondary N) is 1. The highest BCUT2D eigenvalue weighted by atomic mass is 16.2. The normalized spacial score (nSPS) is 13.7. The van der Waals surface area contributed by atoms with Crippen LogP contribution in [-0.4, -0.2) is 24.8 Å². The highest BCUT2D eigenvalue weighted by Crippen LogP contribution is 2.16. The number of nitrogens with two attached hydrogens (primary N) is 1. The molecule has 0 spiro atoms. The topological polar surface area (TPSA) is 72.2 Å². The Morgan fingerprint density at radius 2 is 2.08 bits per heavy atom. The molecule has 0 bridgehead atoms. The van der Waals surface area contributed by atoms with Crippen LogP contribution in [0.1, 0.15) is 20.8 Å². The molecule has 70 valence electrons. The van der Waals surface area contributed by atoms with E-state index in [1.807, 2.05) is 20.8 Å². The molecule has 1 unspecified atom stereocenters. The zero-order valence-corrected chi connectivity index (χ0v) is 7.76. The molecule has 0 radical (unpaired) electrons. The summed E-state index contributed by atoms with van der Waals surface area (Å²) in [5.74, 6) is -0.283. The highest BCUT2D eigenvalue weighted by Gasteiger charge is 2.26. The molecule has 0 saturated carbocycles. The summed E-state index contributed by atoms with van der Waals surface area (Å²) in [6.07, 6.45) is 0.632. The summed E-state index contributed by atoms with van der Waals surface area (Å²) in [5.41, 5.74) is 5.34. The monoisotopic (exact) mass is 172 g/mol.